The van der Waals surface area contributed by atoms with Crippen molar-refractivity contribution in [2.45, 2.75) is 52.2 Å². The van der Waals surface area contributed by atoms with Crippen LogP contribution >= 0.6 is 11.6 Å². The Morgan fingerprint density at radius 2 is 1.93 bits per heavy atom. The van der Waals surface area contributed by atoms with E-state index in [-0.39, 0.29) is 31.0 Å². The van der Waals surface area contributed by atoms with Gasteiger partial charge >= 0.3 is 0 Å². The minimum atomic E-state index is -0.815. The number of rotatable bonds is 10. The summed E-state index contributed by atoms with van der Waals surface area (Å²) in [5.74, 6) is 0.720. The summed E-state index contributed by atoms with van der Waals surface area (Å²) in [6, 6.07) is 11.1. The minimum Gasteiger partial charge on any atom is -0.495 e. The molecule has 0 spiro atoms. The molecule has 212 valence electrons. The molecule has 1 N–H and O–H groups in total. The molecule has 0 aliphatic carbocycles. The second kappa shape index (κ2) is 12.3. The highest BCUT2D eigenvalue weighted by molar-refractivity contribution is 6.31. The highest BCUT2D eigenvalue weighted by atomic mass is 35.5. The normalized spacial score (nSPS) is 13.6. The van der Waals surface area contributed by atoms with Crippen LogP contribution in [0, 0.1) is 0 Å². The van der Waals surface area contributed by atoms with Crippen molar-refractivity contribution >= 4 is 28.9 Å². The average molecular weight is 567 g/mol. The second-order valence-electron chi connectivity index (χ2n) is 10.7. The number of ketones is 2. The number of halogens is 1. The summed E-state index contributed by atoms with van der Waals surface area (Å²) < 4.78 is 18.7. The molecule has 1 aliphatic rings. The second-order valence-corrected chi connectivity index (χ2v) is 11.2. The Balaban J connectivity index is 1.76. The van der Waals surface area contributed by atoms with Crippen LogP contribution in [0.4, 0.5) is 5.69 Å². The van der Waals surface area contributed by atoms with Crippen molar-refractivity contribution < 1.29 is 23.8 Å². The molecule has 8 nitrogen and oxygen atoms in total. The van der Waals surface area contributed by atoms with E-state index >= 15 is 0 Å². The summed E-state index contributed by atoms with van der Waals surface area (Å²) >= 11 is 6.24. The zero-order chi connectivity index (χ0) is 29.0. The van der Waals surface area contributed by atoms with Crippen LogP contribution in [0.1, 0.15) is 56.1 Å². The van der Waals surface area contributed by atoms with Gasteiger partial charge in [-0.3, -0.25) is 14.4 Å². The maximum Gasteiger partial charge on any atom is 0.252 e. The molecule has 4 rings (SSSR count). The smallest absolute Gasteiger partial charge is 0.252 e. The molecule has 0 fully saturated rings. The molecule has 1 unspecified atom stereocenters. The van der Waals surface area contributed by atoms with E-state index < -0.39 is 17.2 Å². The van der Waals surface area contributed by atoms with Crippen molar-refractivity contribution in [3.63, 3.8) is 0 Å². The quantitative estimate of drug-likeness (QED) is 0.312. The number of methoxy groups -OCH3 is 1. The van der Waals surface area contributed by atoms with Crippen molar-refractivity contribution in [3.8, 4) is 22.6 Å². The van der Waals surface area contributed by atoms with E-state index in [1.165, 1.54) is 30.9 Å². The average Bonchev–Trinajstić information content (AvgIpc) is 2.90. The summed E-state index contributed by atoms with van der Waals surface area (Å²) in [7, 11) is 1.48. The number of hydrogen-bond acceptors (Lipinski definition) is 7. The fraction of sp³-hybridized carbons (Fsp3) is 0.387. The number of carbonyl (C=O) groups is 2. The minimum absolute atomic E-state index is 0.0962. The largest absolute Gasteiger partial charge is 0.495 e. The predicted octanol–water partition coefficient (Wildman–Crippen LogP) is 5.74. The molecular formula is C31H35ClN2O6. The van der Waals surface area contributed by atoms with Gasteiger partial charge in [0.2, 0.25) is 0 Å². The Hall–Kier alpha value is -3.62. The van der Waals surface area contributed by atoms with E-state index in [2.05, 4.69) is 5.32 Å². The number of Topliss-reactive ketones (excluding diaryl/α,β-unsaturated/α-hetero) is 2. The molecule has 9 heteroatoms. The number of hydrogen-bond donors (Lipinski definition) is 1. The van der Waals surface area contributed by atoms with Crippen molar-refractivity contribution in [1.29, 1.82) is 0 Å². The first kappa shape index (κ1) is 29.4. The SMILES string of the molecule is COc1cn(C(CCOC(C)(C)C)C(=O)Cc2cccc3c2NCCO3)c(=O)cc1-c1cc(Cl)ccc1C(C)=O. The number of nitrogens with one attached hydrogen (secondary N) is 1. The lowest BCUT2D eigenvalue weighted by Crippen LogP contribution is -2.32. The van der Waals surface area contributed by atoms with Gasteiger partial charge in [0.05, 0.1) is 30.6 Å². The number of benzene rings is 2. The Labute approximate surface area is 239 Å². The van der Waals surface area contributed by atoms with Crippen LogP contribution in [0.25, 0.3) is 11.1 Å². The fourth-order valence-electron chi connectivity index (χ4n) is 4.81. The number of para-hydroxylation sites is 1. The number of fused-ring (bicyclic) bond motifs is 1. The zero-order valence-corrected chi connectivity index (χ0v) is 24.3. The van der Waals surface area contributed by atoms with Crippen molar-refractivity contribution in [1.82, 2.24) is 4.57 Å². The predicted molar refractivity (Wildman–Crippen MR) is 156 cm³/mol. The third-order valence-corrected chi connectivity index (χ3v) is 6.92. The van der Waals surface area contributed by atoms with Crippen LogP contribution in [0.5, 0.6) is 11.5 Å². The molecule has 3 aromatic rings. The number of aromatic nitrogens is 1. The highest BCUT2D eigenvalue weighted by Gasteiger charge is 2.27. The zero-order valence-electron chi connectivity index (χ0n) is 23.5. The molecule has 1 atom stereocenters. The Morgan fingerprint density at radius 1 is 1.15 bits per heavy atom. The third kappa shape index (κ3) is 6.74. The Morgan fingerprint density at radius 3 is 2.62 bits per heavy atom. The first-order valence-corrected chi connectivity index (χ1v) is 13.6. The number of pyridine rings is 1. The summed E-state index contributed by atoms with van der Waals surface area (Å²) in [6.07, 6.45) is 1.91. The van der Waals surface area contributed by atoms with Gasteiger partial charge in [-0.05, 0) is 69.5 Å². The first-order chi connectivity index (χ1) is 19.0. The van der Waals surface area contributed by atoms with Crippen LogP contribution in [-0.4, -0.2) is 48.6 Å². The molecule has 0 radical (unpaired) electrons. The van der Waals surface area contributed by atoms with Crippen LogP contribution in [0.15, 0.2) is 53.5 Å². The molecule has 0 amide bonds. The standard InChI is InChI=1S/C31H35ClN2O6/c1-19(35)22-10-9-21(32)16-23(22)24-17-29(37)34(18-28(24)38-5)25(11-13-40-31(2,3)4)26(36)15-20-7-6-8-27-30(20)33-12-14-39-27/h6-10,16-18,25,33H,11-15H2,1-5H3. The topological polar surface area (TPSA) is 95.9 Å². The lowest BCUT2D eigenvalue weighted by molar-refractivity contribution is -0.122. The van der Waals surface area contributed by atoms with Crippen LogP contribution < -0.4 is 20.3 Å². The molecule has 0 saturated carbocycles. The Bertz CT molecular complexity index is 1470. The first-order valence-electron chi connectivity index (χ1n) is 13.2. The van der Waals surface area contributed by atoms with Crippen molar-refractivity contribution in [2.24, 2.45) is 0 Å². The van der Waals surface area contributed by atoms with Gasteiger partial charge in [-0.15, -0.1) is 0 Å². The molecule has 0 saturated heterocycles. The summed E-state index contributed by atoms with van der Waals surface area (Å²) in [5, 5.41) is 3.74. The van der Waals surface area contributed by atoms with Gasteiger partial charge < -0.3 is 24.1 Å². The lowest BCUT2D eigenvalue weighted by Gasteiger charge is -2.25. The monoisotopic (exact) mass is 566 g/mol. The van der Waals surface area contributed by atoms with Gasteiger partial charge in [-0.2, -0.15) is 0 Å². The fourth-order valence-corrected chi connectivity index (χ4v) is 4.98. The van der Waals surface area contributed by atoms with E-state index in [0.29, 0.717) is 46.4 Å². The molecule has 40 heavy (non-hydrogen) atoms. The molecule has 2 heterocycles. The molecule has 1 aromatic heterocycles. The van der Waals surface area contributed by atoms with Gasteiger partial charge in [0, 0.05) is 41.8 Å². The van der Waals surface area contributed by atoms with Gasteiger partial charge in [0.15, 0.2) is 11.6 Å². The van der Waals surface area contributed by atoms with Gasteiger partial charge in [0.1, 0.15) is 18.1 Å². The number of nitrogens with zero attached hydrogens (tertiary/aromatic N) is 1. The Kier molecular flexibility index (Phi) is 9.01. The lowest BCUT2D eigenvalue weighted by atomic mass is 9.96. The van der Waals surface area contributed by atoms with Crippen molar-refractivity contribution in [3.05, 3.63) is 75.2 Å². The van der Waals surface area contributed by atoms with Gasteiger partial charge in [0.25, 0.3) is 5.56 Å². The number of ether oxygens (including phenoxy) is 3. The third-order valence-electron chi connectivity index (χ3n) is 6.69. The summed E-state index contributed by atoms with van der Waals surface area (Å²) in [4.78, 5) is 39.8. The van der Waals surface area contributed by atoms with Crippen LogP contribution in [0.3, 0.4) is 0 Å². The van der Waals surface area contributed by atoms with E-state index in [1.54, 1.807) is 18.2 Å². The number of carbonyl (C=O) groups excluding carboxylic acids is 2. The van der Waals surface area contributed by atoms with Crippen LogP contribution in [-0.2, 0) is 16.0 Å². The van der Waals surface area contributed by atoms with Gasteiger partial charge in [-0.1, -0.05) is 23.7 Å². The number of anilines is 1. The molecular weight excluding hydrogens is 532 g/mol. The molecule has 1 aliphatic heterocycles. The van der Waals surface area contributed by atoms with E-state index in [4.69, 9.17) is 25.8 Å². The van der Waals surface area contributed by atoms with E-state index in [1.807, 2.05) is 39.0 Å². The summed E-state index contributed by atoms with van der Waals surface area (Å²) in [5.41, 5.74) is 2.10. The maximum atomic E-state index is 13.9. The van der Waals surface area contributed by atoms with E-state index in [0.717, 1.165) is 11.3 Å². The van der Waals surface area contributed by atoms with Crippen molar-refractivity contribution in [2.75, 3.05) is 32.2 Å². The van der Waals surface area contributed by atoms with Crippen LogP contribution in [0.2, 0.25) is 5.02 Å². The highest BCUT2D eigenvalue weighted by Crippen LogP contribution is 2.35. The summed E-state index contributed by atoms with van der Waals surface area (Å²) in [6.45, 7) is 8.73. The van der Waals surface area contributed by atoms with Gasteiger partial charge in [-0.25, -0.2) is 0 Å². The molecule has 0 bridgehead atoms. The van der Waals surface area contributed by atoms with E-state index in [9.17, 15) is 14.4 Å². The maximum absolute atomic E-state index is 13.9. The molecule has 2 aromatic carbocycles.